The van der Waals surface area contributed by atoms with Crippen LogP contribution in [0.25, 0.3) is 0 Å². The van der Waals surface area contributed by atoms with Crippen LogP contribution in [-0.2, 0) is 12.8 Å². The summed E-state index contributed by atoms with van der Waals surface area (Å²) in [5, 5.41) is 7.74. The van der Waals surface area contributed by atoms with Gasteiger partial charge in [0.05, 0.1) is 17.0 Å². The van der Waals surface area contributed by atoms with Gasteiger partial charge in [0.1, 0.15) is 5.76 Å². The predicted octanol–water partition coefficient (Wildman–Crippen LogP) is 2.69. The summed E-state index contributed by atoms with van der Waals surface area (Å²) in [5.74, 6) is 1.83. The number of hydrogen-bond acceptors (Lipinski definition) is 4. The van der Waals surface area contributed by atoms with E-state index in [0.717, 1.165) is 54.9 Å². The number of nitrogens with zero attached hydrogens (tertiary/aromatic N) is 2. The number of rotatable bonds is 7. The lowest BCUT2D eigenvalue weighted by molar-refractivity contribution is 0.507. The van der Waals surface area contributed by atoms with Gasteiger partial charge in [-0.15, -0.1) is 11.3 Å². The highest BCUT2D eigenvalue weighted by Gasteiger charge is 2.03. The summed E-state index contributed by atoms with van der Waals surface area (Å²) in [4.78, 5) is 10.4. The average molecular weight is 320 g/mol. The molecule has 0 aliphatic heterocycles. The molecule has 0 bridgehead atoms. The van der Waals surface area contributed by atoms with Crippen LogP contribution in [0.1, 0.15) is 28.3 Å². The minimum atomic E-state index is 0.739. The van der Waals surface area contributed by atoms with Crippen molar-refractivity contribution in [1.29, 1.82) is 0 Å². The van der Waals surface area contributed by atoms with Crippen LogP contribution in [0.4, 0.5) is 0 Å². The number of thiazole rings is 1. The van der Waals surface area contributed by atoms with Crippen LogP contribution in [0.15, 0.2) is 27.8 Å². The van der Waals surface area contributed by atoms with E-state index in [1.807, 2.05) is 12.1 Å². The third-order valence-electron chi connectivity index (χ3n) is 3.26. The third kappa shape index (κ3) is 5.18. The Bertz CT molecular complexity index is 570. The van der Waals surface area contributed by atoms with Crippen molar-refractivity contribution in [2.75, 3.05) is 19.6 Å². The molecule has 5 nitrogen and oxygen atoms in total. The lowest BCUT2D eigenvalue weighted by Gasteiger charge is -2.10. The zero-order valence-electron chi connectivity index (χ0n) is 13.5. The molecule has 0 radical (unpaired) electrons. The number of hydrogen-bond donors (Lipinski definition) is 2. The lowest BCUT2D eigenvalue weighted by Crippen LogP contribution is -2.38. The van der Waals surface area contributed by atoms with E-state index in [1.165, 1.54) is 4.88 Å². The molecule has 0 saturated carbocycles. The summed E-state index contributed by atoms with van der Waals surface area (Å²) < 4.78 is 5.32. The molecule has 0 spiro atoms. The van der Waals surface area contributed by atoms with Gasteiger partial charge in [-0.3, -0.25) is 4.99 Å². The number of aryl methyl sites for hydroxylation is 2. The minimum absolute atomic E-state index is 0.739. The van der Waals surface area contributed by atoms with Gasteiger partial charge in [-0.1, -0.05) is 0 Å². The Balaban J connectivity index is 1.78. The van der Waals surface area contributed by atoms with Crippen molar-refractivity contribution in [2.45, 2.75) is 33.6 Å². The number of furan rings is 1. The van der Waals surface area contributed by atoms with Gasteiger partial charge in [-0.25, -0.2) is 4.98 Å². The van der Waals surface area contributed by atoms with Gasteiger partial charge in [0.2, 0.25) is 0 Å². The van der Waals surface area contributed by atoms with Crippen LogP contribution in [0.2, 0.25) is 0 Å². The Morgan fingerprint density at radius 1 is 1.32 bits per heavy atom. The first kappa shape index (κ1) is 16.5. The van der Waals surface area contributed by atoms with Crippen LogP contribution in [0, 0.1) is 13.8 Å². The molecule has 2 heterocycles. The second-order valence-electron chi connectivity index (χ2n) is 5.02. The van der Waals surface area contributed by atoms with E-state index in [4.69, 9.17) is 4.42 Å². The number of guanidine groups is 1. The maximum absolute atomic E-state index is 5.32. The first-order valence-corrected chi connectivity index (χ1v) is 8.48. The molecule has 2 rings (SSSR count). The second-order valence-corrected chi connectivity index (χ2v) is 6.30. The van der Waals surface area contributed by atoms with Crippen LogP contribution in [0.5, 0.6) is 0 Å². The molecule has 0 amide bonds. The van der Waals surface area contributed by atoms with Crippen molar-refractivity contribution in [3.8, 4) is 0 Å². The van der Waals surface area contributed by atoms with Crippen molar-refractivity contribution in [2.24, 2.45) is 4.99 Å². The highest BCUT2D eigenvalue weighted by atomic mass is 32.1. The molecule has 22 heavy (non-hydrogen) atoms. The Morgan fingerprint density at radius 3 is 2.82 bits per heavy atom. The fraction of sp³-hybridized carbons (Fsp3) is 0.500. The maximum atomic E-state index is 5.32. The molecule has 0 aromatic carbocycles. The normalized spacial score (nSPS) is 11.7. The summed E-state index contributed by atoms with van der Waals surface area (Å²) in [6.45, 7) is 8.62. The molecule has 0 aliphatic rings. The van der Waals surface area contributed by atoms with Gasteiger partial charge < -0.3 is 15.1 Å². The molecule has 0 unspecified atom stereocenters. The van der Waals surface area contributed by atoms with Crippen molar-refractivity contribution < 1.29 is 4.42 Å². The fourth-order valence-electron chi connectivity index (χ4n) is 2.01. The van der Waals surface area contributed by atoms with Crippen molar-refractivity contribution in [3.05, 3.63) is 39.7 Å². The van der Waals surface area contributed by atoms with E-state index in [1.54, 1.807) is 17.6 Å². The van der Waals surface area contributed by atoms with Gasteiger partial charge in [0.25, 0.3) is 0 Å². The number of aliphatic imine (C=N–C) groups is 1. The molecule has 2 aromatic rings. The van der Waals surface area contributed by atoms with E-state index < -0.39 is 0 Å². The summed E-state index contributed by atoms with van der Waals surface area (Å²) in [5.41, 5.74) is 1.13. The first-order valence-electron chi connectivity index (χ1n) is 7.66. The second kappa shape index (κ2) is 8.58. The van der Waals surface area contributed by atoms with E-state index >= 15 is 0 Å². The van der Waals surface area contributed by atoms with Gasteiger partial charge in [-0.2, -0.15) is 0 Å². The summed E-state index contributed by atoms with van der Waals surface area (Å²) in [7, 11) is 0. The van der Waals surface area contributed by atoms with Gasteiger partial charge in [-0.05, 0) is 32.9 Å². The summed E-state index contributed by atoms with van der Waals surface area (Å²) >= 11 is 1.76. The molecule has 120 valence electrons. The monoisotopic (exact) mass is 320 g/mol. The number of aromatic nitrogens is 1. The Kier molecular flexibility index (Phi) is 6.45. The quantitative estimate of drug-likeness (QED) is 0.608. The fourth-order valence-corrected chi connectivity index (χ4v) is 2.93. The first-order chi connectivity index (χ1) is 10.7. The van der Waals surface area contributed by atoms with Crippen LogP contribution in [0.3, 0.4) is 0 Å². The van der Waals surface area contributed by atoms with E-state index in [-0.39, 0.29) is 0 Å². The highest BCUT2D eigenvalue weighted by molar-refractivity contribution is 7.11. The van der Waals surface area contributed by atoms with Crippen molar-refractivity contribution >= 4 is 17.3 Å². The van der Waals surface area contributed by atoms with Gasteiger partial charge in [0, 0.05) is 37.4 Å². The molecule has 0 fully saturated rings. The van der Waals surface area contributed by atoms with Gasteiger partial charge in [0.15, 0.2) is 5.96 Å². The molecule has 2 aromatic heterocycles. The lowest BCUT2D eigenvalue weighted by atomic mass is 10.3. The third-order valence-corrected chi connectivity index (χ3v) is 4.39. The molecular weight excluding hydrogens is 296 g/mol. The zero-order valence-corrected chi connectivity index (χ0v) is 14.3. The summed E-state index contributed by atoms with van der Waals surface area (Å²) in [6.07, 6.45) is 3.43. The van der Waals surface area contributed by atoms with Gasteiger partial charge >= 0.3 is 0 Å². The molecule has 6 heteroatoms. The Hall–Kier alpha value is -1.82. The topological polar surface area (TPSA) is 62.5 Å². The van der Waals surface area contributed by atoms with Crippen LogP contribution < -0.4 is 10.6 Å². The van der Waals surface area contributed by atoms with Crippen LogP contribution in [-0.4, -0.2) is 30.6 Å². The minimum Gasteiger partial charge on any atom is -0.469 e. The summed E-state index contributed by atoms with van der Waals surface area (Å²) in [6, 6.07) is 3.89. The van der Waals surface area contributed by atoms with E-state index in [0.29, 0.717) is 0 Å². The van der Waals surface area contributed by atoms with Crippen LogP contribution >= 0.6 is 11.3 Å². The zero-order chi connectivity index (χ0) is 15.8. The SMILES string of the molecule is CCNC(=NCCc1nc(C)c(C)s1)NCCc1ccco1. The molecule has 0 atom stereocenters. The average Bonchev–Trinajstić information content (AvgIpc) is 3.10. The Morgan fingerprint density at radius 2 is 2.18 bits per heavy atom. The molecule has 0 aliphatic carbocycles. The maximum Gasteiger partial charge on any atom is 0.191 e. The Labute approximate surface area is 135 Å². The molecule has 2 N–H and O–H groups in total. The van der Waals surface area contributed by atoms with Crippen molar-refractivity contribution in [3.63, 3.8) is 0 Å². The molecule has 0 saturated heterocycles. The molecular formula is C16H24N4OS. The predicted molar refractivity (Wildman–Crippen MR) is 91.7 cm³/mol. The highest BCUT2D eigenvalue weighted by Crippen LogP contribution is 2.16. The largest absolute Gasteiger partial charge is 0.469 e. The van der Waals surface area contributed by atoms with Crippen molar-refractivity contribution in [1.82, 2.24) is 15.6 Å². The van der Waals surface area contributed by atoms with E-state index in [2.05, 4.69) is 41.4 Å². The number of nitrogens with one attached hydrogen (secondary N) is 2. The smallest absolute Gasteiger partial charge is 0.191 e. The standard InChI is InChI=1S/C16H24N4OS/c1-4-17-16(18-9-7-14-6-5-11-21-14)19-10-8-15-20-12(2)13(3)22-15/h5-6,11H,4,7-10H2,1-3H3,(H2,17,18,19). The van der Waals surface area contributed by atoms with E-state index in [9.17, 15) is 0 Å².